The van der Waals surface area contributed by atoms with Gasteiger partial charge in [0.25, 0.3) is 18.8 Å². The Labute approximate surface area is 234 Å². The number of hydrogen-bond acceptors (Lipinski definition) is 7. The molecule has 9 nitrogen and oxygen atoms in total. The number of ether oxygens (including phenoxy) is 2. The van der Waals surface area contributed by atoms with E-state index in [9.17, 15) is 22.8 Å². The van der Waals surface area contributed by atoms with E-state index < -0.39 is 30.1 Å². The van der Waals surface area contributed by atoms with Crippen molar-refractivity contribution in [1.29, 1.82) is 0 Å². The molecular formula is C29H30F3N5O4. The Balaban J connectivity index is 1.36. The van der Waals surface area contributed by atoms with E-state index >= 15 is 0 Å². The Kier molecular flexibility index (Phi) is 6.85. The number of benzene rings is 2. The summed E-state index contributed by atoms with van der Waals surface area (Å²) in [6.07, 6.45) is -1.52. The SMILES string of the molecule is Cn1c(F)nnc1CC1(c2cccc(N3C(=O)c4cc(CNC5(C)CCC5)cc(C(F)F)c4[C@H]3OC=O)c2)COC1. The maximum absolute atomic E-state index is 14.4. The molecule has 2 aromatic carbocycles. The van der Waals surface area contributed by atoms with Crippen molar-refractivity contribution in [3.8, 4) is 0 Å². The topological polar surface area (TPSA) is 98.6 Å². The minimum atomic E-state index is -2.89. The van der Waals surface area contributed by atoms with Crippen LogP contribution in [0.2, 0.25) is 0 Å². The van der Waals surface area contributed by atoms with E-state index in [2.05, 4.69) is 22.4 Å². The van der Waals surface area contributed by atoms with Crippen molar-refractivity contribution in [2.45, 2.75) is 62.8 Å². The highest BCUT2D eigenvalue weighted by atomic mass is 19.3. The van der Waals surface area contributed by atoms with E-state index in [1.165, 1.54) is 22.6 Å². The van der Waals surface area contributed by atoms with Crippen LogP contribution in [0.15, 0.2) is 36.4 Å². The number of fused-ring (bicyclic) bond motifs is 1. The van der Waals surface area contributed by atoms with Crippen LogP contribution in [0.3, 0.4) is 0 Å². The molecule has 2 fully saturated rings. The van der Waals surface area contributed by atoms with Crippen molar-refractivity contribution in [2.24, 2.45) is 7.05 Å². The van der Waals surface area contributed by atoms with Crippen LogP contribution in [-0.4, -0.2) is 45.9 Å². The predicted octanol–water partition coefficient (Wildman–Crippen LogP) is 4.27. The first-order valence-corrected chi connectivity index (χ1v) is 13.5. The molecule has 1 aliphatic carbocycles. The molecule has 3 aromatic rings. The van der Waals surface area contributed by atoms with Crippen molar-refractivity contribution < 1.29 is 32.2 Å². The molecule has 0 spiro atoms. The highest BCUT2D eigenvalue weighted by molar-refractivity contribution is 6.11. The maximum atomic E-state index is 14.4. The van der Waals surface area contributed by atoms with Gasteiger partial charge in [0.15, 0.2) is 0 Å². The lowest BCUT2D eigenvalue weighted by atomic mass is 9.75. The number of alkyl halides is 2. The van der Waals surface area contributed by atoms with Crippen molar-refractivity contribution in [2.75, 3.05) is 18.1 Å². The smallest absolute Gasteiger partial charge is 0.308 e. The molecule has 1 saturated heterocycles. The van der Waals surface area contributed by atoms with Gasteiger partial charge in [-0.25, -0.2) is 8.78 Å². The Hall–Kier alpha value is -3.77. The molecule has 3 heterocycles. The van der Waals surface area contributed by atoms with Crippen molar-refractivity contribution in [3.05, 3.63) is 76.1 Å². The van der Waals surface area contributed by atoms with E-state index in [1.54, 1.807) is 24.3 Å². The molecular weight excluding hydrogens is 539 g/mol. The summed E-state index contributed by atoms with van der Waals surface area (Å²) in [6, 6.07) is 9.99. The molecule has 2 aliphatic heterocycles. The summed E-state index contributed by atoms with van der Waals surface area (Å²) < 4.78 is 54.7. The number of aromatic nitrogens is 3. The number of halogens is 3. The number of amides is 1. The summed E-state index contributed by atoms with van der Waals surface area (Å²) in [5.74, 6) is -0.113. The molecule has 0 unspecified atom stereocenters. The van der Waals surface area contributed by atoms with Crippen LogP contribution in [-0.2, 0) is 39.7 Å². The lowest BCUT2D eigenvalue weighted by Gasteiger charge is -2.42. The lowest BCUT2D eigenvalue weighted by molar-refractivity contribution is -0.133. The molecule has 1 atom stereocenters. The summed E-state index contributed by atoms with van der Waals surface area (Å²) in [6.45, 7) is 3.25. The maximum Gasteiger partial charge on any atom is 0.308 e. The van der Waals surface area contributed by atoms with E-state index in [4.69, 9.17) is 9.47 Å². The third kappa shape index (κ3) is 4.68. The summed E-state index contributed by atoms with van der Waals surface area (Å²) in [7, 11) is 1.53. The molecule has 216 valence electrons. The Morgan fingerprint density at radius 2 is 2.00 bits per heavy atom. The second-order valence-electron chi connectivity index (χ2n) is 11.4. The van der Waals surface area contributed by atoms with Crippen molar-refractivity contribution in [3.63, 3.8) is 0 Å². The number of nitrogens with zero attached hydrogens (tertiary/aromatic N) is 4. The quantitative estimate of drug-likeness (QED) is 0.364. The van der Waals surface area contributed by atoms with Gasteiger partial charge in [0, 0.05) is 53.3 Å². The highest BCUT2D eigenvalue weighted by Gasteiger charge is 2.45. The second kappa shape index (κ2) is 10.3. The Morgan fingerprint density at radius 1 is 1.22 bits per heavy atom. The zero-order chi connectivity index (χ0) is 28.9. The van der Waals surface area contributed by atoms with Crippen LogP contribution in [0.5, 0.6) is 0 Å². The number of carbonyl (C=O) groups excluding carboxylic acids is 2. The first-order valence-electron chi connectivity index (χ1n) is 13.5. The predicted molar refractivity (Wildman–Crippen MR) is 141 cm³/mol. The number of carbonyl (C=O) groups is 2. The van der Waals surface area contributed by atoms with Gasteiger partial charge in [-0.15, -0.1) is 5.10 Å². The summed E-state index contributed by atoms with van der Waals surface area (Å²) in [5.41, 5.74) is 0.808. The van der Waals surface area contributed by atoms with Gasteiger partial charge >= 0.3 is 6.08 Å². The lowest BCUT2D eigenvalue weighted by Crippen LogP contribution is -2.49. The molecule has 41 heavy (non-hydrogen) atoms. The van der Waals surface area contributed by atoms with Gasteiger partial charge in [-0.1, -0.05) is 17.2 Å². The highest BCUT2D eigenvalue weighted by Crippen LogP contribution is 2.45. The molecule has 1 amide bonds. The van der Waals surface area contributed by atoms with Crippen LogP contribution in [0.1, 0.15) is 77.3 Å². The van der Waals surface area contributed by atoms with Gasteiger partial charge in [0.2, 0.25) is 6.23 Å². The molecule has 0 bridgehead atoms. The van der Waals surface area contributed by atoms with E-state index in [1.807, 2.05) is 6.07 Å². The summed E-state index contributed by atoms with van der Waals surface area (Å²) >= 11 is 0. The minimum absolute atomic E-state index is 0.0163. The van der Waals surface area contributed by atoms with E-state index in [-0.39, 0.29) is 28.7 Å². The molecule has 0 radical (unpaired) electrons. The van der Waals surface area contributed by atoms with Crippen LogP contribution in [0.25, 0.3) is 0 Å². The summed E-state index contributed by atoms with van der Waals surface area (Å²) in [4.78, 5) is 26.6. The van der Waals surface area contributed by atoms with Crippen LogP contribution in [0, 0.1) is 6.08 Å². The fourth-order valence-electron chi connectivity index (χ4n) is 5.97. The normalized spacial score (nSPS) is 20.5. The molecule has 1 N–H and O–H groups in total. The summed E-state index contributed by atoms with van der Waals surface area (Å²) in [5, 5.41) is 10.9. The van der Waals surface area contributed by atoms with Gasteiger partial charge < -0.3 is 14.8 Å². The number of rotatable bonds is 10. The zero-order valence-corrected chi connectivity index (χ0v) is 22.7. The van der Waals surface area contributed by atoms with Crippen molar-refractivity contribution in [1.82, 2.24) is 20.1 Å². The van der Waals surface area contributed by atoms with Gasteiger partial charge in [0.05, 0.1) is 13.2 Å². The Bertz CT molecular complexity index is 1500. The Morgan fingerprint density at radius 3 is 2.59 bits per heavy atom. The molecule has 6 rings (SSSR count). The van der Waals surface area contributed by atoms with Crippen LogP contribution >= 0.6 is 0 Å². The third-order valence-electron chi connectivity index (χ3n) is 8.70. The van der Waals surface area contributed by atoms with Crippen LogP contribution in [0.4, 0.5) is 18.9 Å². The average molecular weight is 570 g/mol. The van der Waals surface area contributed by atoms with Crippen molar-refractivity contribution >= 4 is 18.1 Å². The van der Waals surface area contributed by atoms with E-state index in [0.717, 1.165) is 24.8 Å². The minimum Gasteiger partial charge on any atom is -0.439 e. The molecule has 12 heteroatoms. The second-order valence-corrected chi connectivity index (χ2v) is 11.4. The fraction of sp³-hybridized carbons (Fsp3) is 0.448. The molecule has 3 aliphatic rings. The standard InChI is InChI=1S/C29H30F3N5O4/c1-28(7-4-8-28)33-13-17-9-20(24(30)31)23-21(10-17)25(39)37(26(23)41-16-38)19-6-3-5-18(11-19)29(14-40-15-29)12-22-34-35-27(32)36(22)2/h3,5-6,9-11,16,24,26,33H,4,7-8,12-15H2,1-2H3/t26-/m1/s1. The number of anilines is 1. The third-order valence-corrected chi connectivity index (χ3v) is 8.70. The van der Waals surface area contributed by atoms with Gasteiger partial charge in [-0.3, -0.25) is 19.1 Å². The van der Waals surface area contributed by atoms with Gasteiger partial charge in [-0.05, 0) is 61.6 Å². The van der Waals surface area contributed by atoms with E-state index in [0.29, 0.717) is 43.3 Å². The van der Waals surface area contributed by atoms with Gasteiger partial charge in [0.1, 0.15) is 5.82 Å². The first-order chi connectivity index (χ1) is 19.6. The van der Waals surface area contributed by atoms with Gasteiger partial charge in [-0.2, -0.15) is 4.39 Å². The zero-order valence-electron chi connectivity index (χ0n) is 22.7. The first kappa shape index (κ1) is 27.4. The largest absolute Gasteiger partial charge is 0.439 e. The molecule has 1 saturated carbocycles. The molecule has 1 aromatic heterocycles. The monoisotopic (exact) mass is 569 g/mol. The average Bonchev–Trinajstić information content (AvgIpc) is 3.38. The number of nitrogens with one attached hydrogen (secondary N) is 1. The number of hydrogen-bond donors (Lipinski definition) is 1. The van der Waals surface area contributed by atoms with Crippen LogP contribution < -0.4 is 10.2 Å². The fourth-order valence-corrected chi connectivity index (χ4v) is 5.97.